The van der Waals surface area contributed by atoms with Crippen LogP contribution in [0.15, 0.2) is 54.7 Å². The average molecular weight is 453 g/mol. The molecular weight excluding hydrogens is 436 g/mol. The number of amides is 1. The van der Waals surface area contributed by atoms with Gasteiger partial charge in [0.2, 0.25) is 0 Å². The third-order valence-electron chi connectivity index (χ3n) is 5.10. The van der Waals surface area contributed by atoms with Crippen molar-refractivity contribution in [2.75, 3.05) is 31.1 Å². The number of carbonyl (C=O) groups excluding carboxylic acids is 1. The molecule has 2 aromatic carbocycles. The lowest BCUT2D eigenvalue weighted by atomic mass is 10.1. The van der Waals surface area contributed by atoms with E-state index in [0.29, 0.717) is 28.5 Å². The number of aromatic nitrogens is 2. The van der Waals surface area contributed by atoms with E-state index in [0.717, 1.165) is 6.20 Å². The van der Waals surface area contributed by atoms with E-state index < -0.39 is 23.3 Å². The number of piperazine rings is 1. The summed E-state index contributed by atoms with van der Waals surface area (Å²) in [5.74, 6) is -1.15. The number of nitrogens with zero attached hydrogens (tertiary/aromatic N) is 4. The van der Waals surface area contributed by atoms with Gasteiger partial charge in [-0.25, -0.2) is 9.07 Å². The van der Waals surface area contributed by atoms with Crippen molar-refractivity contribution in [2.24, 2.45) is 0 Å². The number of para-hydroxylation sites is 1. The third kappa shape index (κ3) is 4.23. The fraction of sp³-hybridized carbons (Fsp3) is 0.238. The standard InChI is InChI=1S/C21H17ClF4N4O/c22-14-5-7-15(8-6-14)30-19(21(24,25)26)16(13-27-30)20(31)29-11-9-28(10-12-29)18-4-2-1-3-17(18)23/h1-8,13H,9-12H2. The molecular formula is C21H17ClF4N4O. The molecule has 4 rings (SSSR count). The van der Waals surface area contributed by atoms with E-state index in [1.54, 1.807) is 23.1 Å². The Bertz CT molecular complexity index is 1090. The minimum Gasteiger partial charge on any atom is -0.366 e. The lowest BCUT2D eigenvalue weighted by molar-refractivity contribution is -0.143. The van der Waals surface area contributed by atoms with Gasteiger partial charge < -0.3 is 9.80 Å². The Balaban J connectivity index is 1.58. The van der Waals surface area contributed by atoms with E-state index in [1.807, 2.05) is 0 Å². The third-order valence-corrected chi connectivity index (χ3v) is 5.35. The molecule has 5 nitrogen and oxygen atoms in total. The molecule has 0 spiro atoms. The number of rotatable bonds is 3. The summed E-state index contributed by atoms with van der Waals surface area (Å²) in [5.41, 5.74) is -1.13. The number of hydrogen-bond donors (Lipinski definition) is 0. The molecule has 1 aromatic heterocycles. The number of alkyl halides is 3. The van der Waals surface area contributed by atoms with Crippen molar-refractivity contribution in [3.63, 3.8) is 0 Å². The Morgan fingerprint density at radius 3 is 2.23 bits per heavy atom. The summed E-state index contributed by atoms with van der Waals surface area (Å²) in [4.78, 5) is 16.0. The number of anilines is 1. The number of halogens is 5. The van der Waals surface area contributed by atoms with Crippen LogP contribution in [-0.2, 0) is 6.18 Å². The summed E-state index contributed by atoms with van der Waals surface area (Å²) in [6.45, 7) is 0.936. The number of carbonyl (C=O) groups is 1. The minimum absolute atomic E-state index is 0.139. The van der Waals surface area contributed by atoms with Crippen molar-refractivity contribution in [3.8, 4) is 5.69 Å². The quantitative estimate of drug-likeness (QED) is 0.543. The zero-order valence-electron chi connectivity index (χ0n) is 16.1. The molecule has 1 aliphatic rings. The second kappa shape index (κ2) is 8.22. The zero-order chi connectivity index (χ0) is 22.2. The lowest BCUT2D eigenvalue weighted by Crippen LogP contribution is -2.49. The van der Waals surface area contributed by atoms with Crippen LogP contribution in [0.3, 0.4) is 0 Å². The van der Waals surface area contributed by atoms with Gasteiger partial charge in [-0.2, -0.15) is 18.3 Å². The van der Waals surface area contributed by atoms with Crippen LogP contribution < -0.4 is 4.90 Å². The minimum atomic E-state index is -4.80. The summed E-state index contributed by atoms with van der Waals surface area (Å²) < 4.78 is 56.3. The van der Waals surface area contributed by atoms with Crippen LogP contribution in [0, 0.1) is 5.82 Å². The van der Waals surface area contributed by atoms with Gasteiger partial charge in [-0.15, -0.1) is 0 Å². The molecule has 1 saturated heterocycles. The molecule has 2 heterocycles. The van der Waals surface area contributed by atoms with Gasteiger partial charge >= 0.3 is 6.18 Å². The average Bonchev–Trinajstić information content (AvgIpc) is 3.20. The van der Waals surface area contributed by atoms with Crippen LogP contribution in [0.4, 0.5) is 23.2 Å². The molecule has 0 atom stereocenters. The molecule has 3 aromatic rings. The normalized spacial score (nSPS) is 14.7. The van der Waals surface area contributed by atoms with Crippen molar-refractivity contribution >= 4 is 23.2 Å². The predicted molar refractivity (Wildman–Crippen MR) is 108 cm³/mol. The maximum absolute atomic E-state index is 14.0. The molecule has 0 unspecified atom stereocenters. The largest absolute Gasteiger partial charge is 0.434 e. The molecule has 0 aliphatic carbocycles. The highest BCUT2D eigenvalue weighted by atomic mass is 35.5. The monoisotopic (exact) mass is 452 g/mol. The number of benzene rings is 2. The van der Waals surface area contributed by atoms with Gasteiger partial charge in [-0.05, 0) is 36.4 Å². The van der Waals surface area contributed by atoms with Gasteiger partial charge in [0.15, 0.2) is 5.69 Å². The Morgan fingerprint density at radius 1 is 0.968 bits per heavy atom. The van der Waals surface area contributed by atoms with Gasteiger partial charge in [0.25, 0.3) is 5.91 Å². The summed E-state index contributed by atoms with van der Waals surface area (Å²) in [6, 6.07) is 11.9. The van der Waals surface area contributed by atoms with E-state index in [-0.39, 0.29) is 24.6 Å². The van der Waals surface area contributed by atoms with Gasteiger partial charge in [0.1, 0.15) is 5.82 Å². The molecule has 0 N–H and O–H groups in total. The van der Waals surface area contributed by atoms with Gasteiger partial charge in [0, 0.05) is 31.2 Å². The fourth-order valence-electron chi connectivity index (χ4n) is 3.58. The first-order chi connectivity index (χ1) is 14.8. The van der Waals surface area contributed by atoms with Crippen LogP contribution in [0.5, 0.6) is 0 Å². The molecule has 1 amide bonds. The Morgan fingerprint density at radius 2 is 1.61 bits per heavy atom. The molecule has 1 aliphatic heterocycles. The zero-order valence-corrected chi connectivity index (χ0v) is 16.9. The van der Waals surface area contributed by atoms with Crippen molar-refractivity contribution in [2.45, 2.75) is 6.18 Å². The molecule has 31 heavy (non-hydrogen) atoms. The first-order valence-corrected chi connectivity index (χ1v) is 9.83. The molecule has 0 radical (unpaired) electrons. The van der Waals surface area contributed by atoms with Crippen LogP contribution in [-0.4, -0.2) is 46.8 Å². The van der Waals surface area contributed by atoms with Crippen LogP contribution in [0.2, 0.25) is 5.02 Å². The molecule has 10 heteroatoms. The van der Waals surface area contributed by atoms with Crippen LogP contribution >= 0.6 is 11.6 Å². The van der Waals surface area contributed by atoms with Crippen molar-refractivity contribution < 1.29 is 22.4 Å². The molecule has 1 fully saturated rings. The summed E-state index contributed by atoms with van der Waals surface area (Å²) in [7, 11) is 0. The van der Waals surface area contributed by atoms with Crippen LogP contribution in [0.25, 0.3) is 5.69 Å². The predicted octanol–water partition coefficient (Wildman–Crippen LogP) is 4.65. The fourth-order valence-corrected chi connectivity index (χ4v) is 3.71. The van der Waals surface area contributed by atoms with E-state index in [1.165, 1.54) is 35.2 Å². The number of hydrogen-bond acceptors (Lipinski definition) is 3. The maximum atomic E-state index is 14.0. The second-order valence-electron chi connectivity index (χ2n) is 7.02. The highest BCUT2D eigenvalue weighted by Gasteiger charge is 2.41. The van der Waals surface area contributed by atoms with E-state index in [9.17, 15) is 22.4 Å². The summed E-state index contributed by atoms with van der Waals surface area (Å²) in [6.07, 6.45) is -3.86. The maximum Gasteiger partial charge on any atom is 0.434 e. The Hall–Kier alpha value is -3.07. The van der Waals surface area contributed by atoms with Crippen molar-refractivity contribution in [3.05, 3.63) is 76.8 Å². The SMILES string of the molecule is O=C(c1cnn(-c2ccc(Cl)cc2)c1C(F)(F)F)N1CCN(c2ccccc2F)CC1. The first kappa shape index (κ1) is 21.2. The summed E-state index contributed by atoms with van der Waals surface area (Å²) in [5, 5.41) is 4.19. The Labute approximate surface area is 180 Å². The smallest absolute Gasteiger partial charge is 0.366 e. The van der Waals surface area contributed by atoms with Crippen LogP contribution in [0.1, 0.15) is 16.1 Å². The molecule has 0 bridgehead atoms. The Kier molecular flexibility index (Phi) is 5.62. The first-order valence-electron chi connectivity index (χ1n) is 9.45. The van der Waals surface area contributed by atoms with E-state index in [2.05, 4.69) is 5.10 Å². The van der Waals surface area contributed by atoms with E-state index >= 15 is 0 Å². The highest BCUT2D eigenvalue weighted by Crippen LogP contribution is 2.34. The van der Waals surface area contributed by atoms with Gasteiger partial charge in [0.05, 0.1) is 23.1 Å². The molecule has 0 saturated carbocycles. The lowest BCUT2D eigenvalue weighted by Gasteiger charge is -2.36. The van der Waals surface area contributed by atoms with E-state index in [4.69, 9.17) is 11.6 Å². The molecule has 162 valence electrons. The summed E-state index contributed by atoms with van der Waals surface area (Å²) >= 11 is 5.81. The van der Waals surface area contributed by atoms with Crippen molar-refractivity contribution in [1.29, 1.82) is 0 Å². The highest BCUT2D eigenvalue weighted by molar-refractivity contribution is 6.30. The van der Waals surface area contributed by atoms with Gasteiger partial charge in [-0.3, -0.25) is 4.79 Å². The van der Waals surface area contributed by atoms with Gasteiger partial charge in [-0.1, -0.05) is 23.7 Å². The second-order valence-corrected chi connectivity index (χ2v) is 7.46. The van der Waals surface area contributed by atoms with Crippen molar-refractivity contribution in [1.82, 2.24) is 14.7 Å². The topological polar surface area (TPSA) is 41.4 Å².